The first kappa shape index (κ1) is 10.5. The number of para-hydroxylation sites is 1. The molecule has 0 N–H and O–H groups in total. The SMILES string of the molecule is [CH2]COc1ccccc1C1CCCCC1. The average molecular weight is 203 g/mol. The monoisotopic (exact) mass is 203 g/mol. The third-order valence-electron chi connectivity index (χ3n) is 3.22. The molecule has 0 heterocycles. The highest BCUT2D eigenvalue weighted by Gasteiger charge is 2.18. The van der Waals surface area contributed by atoms with Gasteiger partial charge in [0.15, 0.2) is 0 Å². The largest absolute Gasteiger partial charge is 0.493 e. The molecule has 0 atom stereocenters. The van der Waals surface area contributed by atoms with Gasteiger partial charge in [-0.15, -0.1) is 0 Å². The van der Waals surface area contributed by atoms with E-state index in [9.17, 15) is 0 Å². The highest BCUT2D eigenvalue weighted by atomic mass is 16.5. The van der Waals surface area contributed by atoms with Gasteiger partial charge in [-0.25, -0.2) is 0 Å². The fourth-order valence-corrected chi connectivity index (χ4v) is 2.47. The van der Waals surface area contributed by atoms with Crippen LogP contribution in [0.4, 0.5) is 0 Å². The summed E-state index contributed by atoms with van der Waals surface area (Å²) in [7, 11) is 0. The molecule has 1 aliphatic rings. The molecule has 1 nitrogen and oxygen atoms in total. The van der Waals surface area contributed by atoms with Gasteiger partial charge in [0.25, 0.3) is 0 Å². The zero-order valence-electron chi connectivity index (χ0n) is 9.24. The van der Waals surface area contributed by atoms with Gasteiger partial charge in [-0.2, -0.15) is 0 Å². The highest BCUT2D eigenvalue weighted by molar-refractivity contribution is 5.36. The van der Waals surface area contributed by atoms with Crippen molar-refractivity contribution >= 4 is 0 Å². The topological polar surface area (TPSA) is 9.23 Å². The Morgan fingerprint density at radius 2 is 1.87 bits per heavy atom. The van der Waals surface area contributed by atoms with Gasteiger partial charge in [0.1, 0.15) is 5.75 Å². The van der Waals surface area contributed by atoms with Crippen LogP contribution in [0.1, 0.15) is 43.6 Å². The molecule has 0 spiro atoms. The maximum atomic E-state index is 5.58. The second-order valence-electron chi connectivity index (χ2n) is 4.22. The first-order chi connectivity index (χ1) is 7.42. The van der Waals surface area contributed by atoms with Gasteiger partial charge in [0.2, 0.25) is 0 Å². The zero-order chi connectivity index (χ0) is 10.5. The van der Waals surface area contributed by atoms with Crippen LogP contribution in [-0.2, 0) is 0 Å². The summed E-state index contributed by atoms with van der Waals surface area (Å²) >= 11 is 0. The highest BCUT2D eigenvalue weighted by Crippen LogP contribution is 2.37. The molecule has 1 heteroatoms. The lowest BCUT2D eigenvalue weighted by molar-refractivity contribution is 0.346. The molecule has 1 radical (unpaired) electrons. The molecule has 0 unspecified atom stereocenters. The van der Waals surface area contributed by atoms with Crippen molar-refractivity contribution < 1.29 is 4.74 Å². The van der Waals surface area contributed by atoms with E-state index in [1.165, 1.54) is 37.7 Å². The zero-order valence-corrected chi connectivity index (χ0v) is 9.24. The van der Waals surface area contributed by atoms with Crippen molar-refractivity contribution in [3.8, 4) is 5.75 Å². The Labute approximate surface area is 92.5 Å². The Morgan fingerprint density at radius 3 is 2.60 bits per heavy atom. The first-order valence-electron chi connectivity index (χ1n) is 5.93. The summed E-state index contributed by atoms with van der Waals surface area (Å²) < 4.78 is 5.58. The van der Waals surface area contributed by atoms with Crippen LogP contribution < -0.4 is 4.74 Å². The van der Waals surface area contributed by atoms with Gasteiger partial charge >= 0.3 is 0 Å². The summed E-state index contributed by atoms with van der Waals surface area (Å²) in [5, 5.41) is 0. The fourth-order valence-electron chi connectivity index (χ4n) is 2.47. The molecular weight excluding hydrogens is 184 g/mol. The number of hydrogen-bond acceptors (Lipinski definition) is 1. The van der Waals surface area contributed by atoms with E-state index in [2.05, 4.69) is 25.1 Å². The van der Waals surface area contributed by atoms with Gasteiger partial charge < -0.3 is 4.74 Å². The van der Waals surface area contributed by atoms with Crippen LogP contribution >= 0.6 is 0 Å². The van der Waals surface area contributed by atoms with E-state index in [0.717, 1.165) is 5.75 Å². The van der Waals surface area contributed by atoms with Crippen molar-refractivity contribution in [1.82, 2.24) is 0 Å². The minimum Gasteiger partial charge on any atom is -0.493 e. The minimum absolute atomic E-state index is 0.518. The molecule has 1 aliphatic carbocycles. The van der Waals surface area contributed by atoms with Crippen molar-refractivity contribution in [3.63, 3.8) is 0 Å². The van der Waals surface area contributed by atoms with Crippen molar-refractivity contribution in [2.24, 2.45) is 0 Å². The van der Waals surface area contributed by atoms with E-state index in [0.29, 0.717) is 12.5 Å². The lowest BCUT2D eigenvalue weighted by atomic mass is 9.84. The van der Waals surface area contributed by atoms with Crippen molar-refractivity contribution in [1.29, 1.82) is 0 Å². The third-order valence-corrected chi connectivity index (χ3v) is 3.22. The summed E-state index contributed by atoms with van der Waals surface area (Å²) in [4.78, 5) is 0. The van der Waals surface area contributed by atoms with Crippen molar-refractivity contribution in [3.05, 3.63) is 36.8 Å². The molecule has 15 heavy (non-hydrogen) atoms. The molecule has 2 rings (SSSR count). The molecule has 0 amide bonds. The van der Waals surface area contributed by atoms with E-state index >= 15 is 0 Å². The van der Waals surface area contributed by atoms with Gasteiger partial charge in [-0.1, -0.05) is 37.5 Å². The van der Waals surface area contributed by atoms with Crippen molar-refractivity contribution in [2.45, 2.75) is 38.0 Å². The van der Waals surface area contributed by atoms with E-state index in [1.807, 2.05) is 6.07 Å². The quantitative estimate of drug-likeness (QED) is 0.722. The molecular formula is C14H19O. The molecule has 0 saturated heterocycles. The molecule has 1 aromatic rings. The minimum atomic E-state index is 0.518. The van der Waals surface area contributed by atoms with E-state index in [1.54, 1.807) is 0 Å². The van der Waals surface area contributed by atoms with Crippen LogP contribution in [0.5, 0.6) is 5.75 Å². The molecule has 1 aromatic carbocycles. The van der Waals surface area contributed by atoms with Gasteiger partial charge in [-0.3, -0.25) is 0 Å². The summed E-state index contributed by atoms with van der Waals surface area (Å²) in [6.07, 6.45) is 6.76. The average Bonchev–Trinajstić information content (AvgIpc) is 2.31. The Balaban J connectivity index is 2.17. The van der Waals surface area contributed by atoms with Crippen molar-refractivity contribution in [2.75, 3.05) is 6.61 Å². The first-order valence-corrected chi connectivity index (χ1v) is 5.93. The van der Waals surface area contributed by atoms with Crippen LogP contribution in [0.15, 0.2) is 24.3 Å². The number of ether oxygens (including phenoxy) is 1. The molecule has 0 bridgehead atoms. The molecule has 1 fully saturated rings. The predicted octanol–water partition coefficient (Wildman–Crippen LogP) is 3.95. The molecule has 81 valence electrons. The smallest absolute Gasteiger partial charge is 0.122 e. The van der Waals surface area contributed by atoms with E-state index < -0.39 is 0 Å². The second-order valence-corrected chi connectivity index (χ2v) is 4.22. The van der Waals surface area contributed by atoms with E-state index in [-0.39, 0.29) is 0 Å². The van der Waals surface area contributed by atoms with E-state index in [4.69, 9.17) is 4.74 Å². The summed E-state index contributed by atoms with van der Waals surface area (Å²) in [5.74, 6) is 1.75. The Kier molecular flexibility index (Phi) is 3.65. The van der Waals surface area contributed by atoms with Crippen LogP contribution in [-0.4, -0.2) is 6.61 Å². The lowest BCUT2D eigenvalue weighted by Gasteiger charge is -2.23. The lowest BCUT2D eigenvalue weighted by Crippen LogP contribution is -2.07. The van der Waals surface area contributed by atoms with Gasteiger partial charge in [0.05, 0.1) is 6.61 Å². The van der Waals surface area contributed by atoms with Crippen LogP contribution in [0.2, 0.25) is 0 Å². The number of rotatable bonds is 3. The molecule has 1 saturated carbocycles. The van der Waals surface area contributed by atoms with Crippen LogP contribution in [0.25, 0.3) is 0 Å². The Bertz CT molecular complexity index is 300. The Hall–Kier alpha value is -0.980. The number of benzene rings is 1. The summed E-state index contributed by atoms with van der Waals surface area (Å²) in [5.41, 5.74) is 1.39. The second kappa shape index (κ2) is 5.20. The predicted molar refractivity (Wildman–Crippen MR) is 63.1 cm³/mol. The molecule has 0 aliphatic heterocycles. The third kappa shape index (κ3) is 2.53. The summed E-state index contributed by atoms with van der Waals surface area (Å²) in [6, 6.07) is 8.42. The molecule has 0 aromatic heterocycles. The summed E-state index contributed by atoms with van der Waals surface area (Å²) in [6.45, 7) is 4.26. The maximum Gasteiger partial charge on any atom is 0.122 e. The van der Waals surface area contributed by atoms with Gasteiger partial charge in [0, 0.05) is 0 Å². The normalized spacial score (nSPS) is 17.7. The number of hydrogen-bond donors (Lipinski definition) is 0. The van der Waals surface area contributed by atoms with Crippen LogP contribution in [0, 0.1) is 6.92 Å². The fraction of sp³-hybridized carbons (Fsp3) is 0.500. The standard InChI is InChI=1S/C14H19O/c1-2-15-14-11-7-6-10-13(14)12-8-4-3-5-9-12/h6-7,10-12H,1-5,8-9H2. The van der Waals surface area contributed by atoms with Gasteiger partial charge in [-0.05, 0) is 37.3 Å². The maximum absolute atomic E-state index is 5.58. The van der Waals surface area contributed by atoms with Crippen LogP contribution in [0.3, 0.4) is 0 Å². The Morgan fingerprint density at radius 1 is 1.13 bits per heavy atom.